The van der Waals surface area contributed by atoms with Gasteiger partial charge in [-0.1, -0.05) is 42.8 Å². The van der Waals surface area contributed by atoms with Crippen molar-refractivity contribution in [3.63, 3.8) is 0 Å². The van der Waals surface area contributed by atoms with Gasteiger partial charge in [0.25, 0.3) is 0 Å². The lowest BCUT2D eigenvalue weighted by Crippen LogP contribution is -2.04. The smallest absolute Gasteiger partial charge is 0.136 e. The Labute approximate surface area is 119 Å². The summed E-state index contributed by atoms with van der Waals surface area (Å²) < 4.78 is 0. The van der Waals surface area contributed by atoms with E-state index in [4.69, 9.17) is 11.6 Å². The van der Waals surface area contributed by atoms with E-state index in [1.807, 2.05) is 13.0 Å². The second kappa shape index (κ2) is 6.16. The molecule has 0 spiro atoms. The summed E-state index contributed by atoms with van der Waals surface area (Å²) in [6, 6.07) is 8.35. The molecule has 0 aliphatic heterocycles. The van der Waals surface area contributed by atoms with Crippen molar-refractivity contribution < 1.29 is 0 Å². The van der Waals surface area contributed by atoms with E-state index in [1.165, 1.54) is 11.1 Å². The highest BCUT2D eigenvalue weighted by atomic mass is 35.5. The number of aromatic nitrogens is 2. The van der Waals surface area contributed by atoms with Gasteiger partial charge in [-0.05, 0) is 31.4 Å². The Hall–Kier alpha value is -1.41. The molecule has 2 rings (SSSR count). The predicted octanol–water partition coefficient (Wildman–Crippen LogP) is 4.29. The van der Waals surface area contributed by atoms with E-state index in [0.29, 0.717) is 5.15 Å². The molecule has 1 heterocycles. The molecule has 0 bridgehead atoms. The molecule has 100 valence electrons. The monoisotopic (exact) mass is 274 g/mol. The topological polar surface area (TPSA) is 25.8 Å². The van der Waals surface area contributed by atoms with Crippen molar-refractivity contribution in [1.29, 1.82) is 0 Å². The summed E-state index contributed by atoms with van der Waals surface area (Å²) in [5.74, 6) is 0.846. The van der Waals surface area contributed by atoms with E-state index >= 15 is 0 Å². The Morgan fingerprint density at radius 3 is 2.47 bits per heavy atom. The molecule has 1 aromatic carbocycles. The Bertz CT molecular complexity index is 556. The van der Waals surface area contributed by atoms with Crippen LogP contribution < -0.4 is 0 Å². The van der Waals surface area contributed by atoms with Gasteiger partial charge in [0.15, 0.2) is 0 Å². The Morgan fingerprint density at radius 2 is 1.84 bits per heavy atom. The van der Waals surface area contributed by atoms with Crippen molar-refractivity contribution >= 4 is 11.6 Å². The van der Waals surface area contributed by atoms with Crippen molar-refractivity contribution in [2.45, 2.75) is 40.0 Å². The first-order valence-electron chi connectivity index (χ1n) is 6.68. The number of hydrogen-bond donors (Lipinski definition) is 0. The average molecular weight is 275 g/mol. The van der Waals surface area contributed by atoms with E-state index in [0.717, 1.165) is 36.3 Å². The minimum absolute atomic E-state index is 0.596. The molecule has 0 atom stereocenters. The molecular weight excluding hydrogens is 256 g/mol. The zero-order valence-corrected chi connectivity index (χ0v) is 12.5. The first-order chi connectivity index (χ1) is 9.11. The van der Waals surface area contributed by atoms with Gasteiger partial charge >= 0.3 is 0 Å². The number of halogens is 1. The number of rotatable bonds is 4. The molecule has 19 heavy (non-hydrogen) atoms. The highest BCUT2D eigenvalue weighted by molar-refractivity contribution is 6.30. The fourth-order valence-electron chi connectivity index (χ4n) is 2.15. The summed E-state index contributed by atoms with van der Waals surface area (Å²) in [5, 5.41) is 0.596. The van der Waals surface area contributed by atoms with Crippen molar-refractivity contribution in [3.05, 3.63) is 57.6 Å². The standard InChI is InChI=1S/C16H19ClN2/c1-4-7-15-18-12(3)14(16(17)19-15)10-13-9-6-5-8-11(13)2/h5-6,8-9H,4,7,10H2,1-3H3. The van der Waals surface area contributed by atoms with Crippen LogP contribution in [-0.4, -0.2) is 9.97 Å². The van der Waals surface area contributed by atoms with Crippen molar-refractivity contribution in [1.82, 2.24) is 9.97 Å². The molecule has 0 aliphatic carbocycles. The van der Waals surface area contributed by atoms with Gasteiger partial charge in [0.2, 0.25) is 0 Å². The Morgan fingerprint density at radius 1 is 1.11 bits per heavy atom. The second-order valence-electron chi connectivity index (χ2n) is 4.85. The quantitative estimate of drug-likeness (QED) is 0.777. The summed E-state index contributed by atoms with van der Waals surface area (Å²) in [6.07, 6.45) is 2.71. The highest BCUT2D eigenvalue weighted by Gasteiger charge is 2.11. The van der Waals surface area contributed by atoms with Crippen LogP contribution in [0.3, 0.4) is 0 Å². The van der Waals surface area contributed by atoms with Crippen LogP contribution in [0.1, 0.15) is 41.6 Å². The zero-order chi connectivity index (χ0) is 13.8. The molecule has 2 aromatic rings. The van der Waals surface area contributed by atoms with Gasteiger partial charge in [0.05, 0.1) is 0 Å². The van der Waals surface area contributed by atoms with Crippen LogP contribution in [0.15, 0.2) is 24.3 Å². The first-order valence-corrected chi connectivity index (χ1v) is 7.06. The second-order valence-corrected chi connectivity index (χ2v) is 5.21. The van der Waals surface area contributed by atoms with Gasteiger partial charge in [-0.2, -0.15) is 0 Å². The molecule has 0 amide bonds. The van der Waals surface area contributed by atoms with E-state index in [1.54, 1.807) is 0 Å². The van der Waals surface area contributed by atoms with E-state index in [2.05, 4.69) is 42.0 Å². The SMILES string of the molecule is CCCc1nc(C)c(Cc2ccccc2C)c(Cl)n1. The third kappa shape index (κ3) is 3.32. The lowest BCUT2D eigenvalue weighted by Gasteiger charge is -2.11. The fraction of sp³-hybridized carbons (Fsp3) is 0.375. The number of aryl methyl sites for hydroxylation is 3. The molecule has 2 nitrogen and oxygen atoms in total. The lowest BCUT2D eigenvalue weighted by molar-refractivity contribution is 0.815. The van der Waals surface area contributed by atoms with Gasteiger partial charge < -0.3 is 0 Å². The normalized spacial score (nSPS) is 10.7. The van der Waals surface area contributed by atoms with Crippen molar-refractivity contribution in [3.8, 4) is 0 Å². The maximum atomic E-state index is 6.32. The Balaban J connectivity index is 2.33. The largest absolute Gasteiger partial charge is 0.238 e. The molecule has 1 aromatic heterocycles. The van der Waals surface area contributed by atoms with E-state index in [9.17, 15) is 0 Å². The summed E-state index contributed by atoms with van der Waals surface area (Å²) in [7, 11) is 0. The molecule has 0 fully saturated rings. The van der Waals surface area contributed by atoms with Gasteiger partial charge in [0, 0.05) is 24.1 Å². The fourth-order valence-corrected chi connectivity index (χ4v) is 2.45. The number of hydrogen-bond acceptors (Lipinski definition) is 2. The van der Waals surface area contributed by atoms with Crippen LogP contribution in [0.5, 0.6) is 0 Å². The van der Waals surface area contributed by atoms with Crippen molar-refractivity contribution in [2.24, 2.45) is 0 Å². The van der Waals surface area contributed by atoms with Crippen LogP contribution in [-0.2, 0) is 12.8 Å². The highest BCUT2D eigenvalue weighted by Crippen LogP contribution is 2.22. The molecular formula is C16H19ClN2. The molecule has 0 N–H and O–H groups in total. The first kappa shape index (κ1) is 14.0. The third-order valence-electron chi connectivity index (χ3n) is 3.31. The third-order valence-corrected chi connectivity index (χ3v) is 3.62. The summed E-state index contributed by atoms with van der Waals surface area (Å²) >= 11 is 6.32. The maximum Gasteiger partial charge on any atom is 0.136 e. The van der Waals surface area contributed by atoms with Crippen LogP contribution in [0.25, 0.3) is 0 Å². The van der Waals surface area contributed by atoms with Crippen LogP contribution in [0.4, 0.5) is 0 Å². The van der Waals surface area contributed by atoms with Gasteiger partial charge in [0.1, 0.15) is 11.0 Å². The van der Waals surface area contributed by atoms with Crippen LogP contribution in [0.2, 0.25) is 5.15 Å². The van der Waals surface area contributed by atoms with Gasteiger partial charge in [-0.3, -0.25) is 0 Å². The summed E-state index contributed by atoms with van der Waals surface area (Å²) in [4.78, 5) is 8.96. The minimum Gasteiger partial charge on any atom is -0.238 e. The summed E-state index contributed by atoms with van der Waals surface area (Å²) in [6.45, 7) is 6.25. The molecule has 3 heteroatoms. The Kier molecular flexibility index (Phi) is 4.54. The lowest BCUT2D eigenvalue weighted by atomic mass is 10.0. The van der Waals surface area contributed by atoms with E-state index in [-0.39, 0.29) is 0 Å². The molecule has 0 unspecified atom stereocenters. The zero-order valence-electron chi connectivity index (χ0n) is 11.7. The molecule has 0 aliphatic rings. The minimum atomic E-state index is 0.596. The maximum absolute atomic E-state index is 6.32. The molecule has 0 saturated heterocycles. The predicted molar refractivity (Wildman–Crippen MR) is 79.8 cm³/mol. The molecule has 0 radical (unpaired) electrons. The van der Waals surface area contributed by atoms with Gasteiger partial charge in [-0.15, -0.1) is 0 Å². The summed E-state index contributed by atoms with van der Waals surface area (Å²) in [5.41, 5.74) is 4.58. The van der Waals surface area contributed by atoms with Crippen molar-refractivity contribution in [2.75, 3.05) is 0 Å². The van der Waals surface area contributed by atoms with Gasteiger partial charge in [-0.25, -0.2) is 9.97 Å². The van der Waals surface area contributed by atoms with E-state index < -0.39 is 0 Å². The number of benzene rings is 1. The van der Waals surface area contributed by atoms with Crippen LogP contribution in [0, 0.1) is 13.8 Å². The number of nitrogens with zero attached hydrogens (tertiary/aromatic N) is 2. The van der Waals surface area contributed by atoms with Crippen LogP contribution >= 0.6 is 11.6 Å². The average Bonchev–Trinajstić information content (AvgIpc) is 2.36. The molecule has 0 saturated carbocycles.